The molecule has 50 heavy (non-hydrogen) atoms. The molecule has 1 aliphatic heterocycles. The van der Waals surface area contributed by atoms with Crippen molar-refractivity contribution in [2.45, 2.75) is 91.9 Å². The molecule has 2 heterocycles. The van der Waals surface area contributed by atoms with Gasteiger partial charge in [-0.05, 0) is 33.3 Å². The van der Waals surface area contributed by atoms with Gasteiger partial charge < -0.3 is 23.5 Å². The first-order valence-electron chi connectivity index (χ1n) is 16.8. The number of halogens is 1. The first-order chi connectivity index (χ1) is 23.1. The van der Waals surface area contributed by atoms with E-state index >= 15 is 0 Å². The average Bonchev–Trinajstić information content (AvgIpc) is 3.65. The Kier molecular flexibility index (Phi) is 18.3. The zero-order valence-electron chi connectivity index (χ0n) is 30.8. The van der Waals surface area contributed by atoms with Crippen LogP contribution in [0, 0.1) is 50.5 Å². The minimum Gasteiger partial charge on any atom is -0.444 e. The van der Waals surface area contributed by atoms with E-state index in [0.717, 1.165) is 27.5 Å². The van der Waals surface area contributed by atoms with Crippen LogP contribution in [-0.2, 0) is 17.4 Å². The number of Topliss-reactive ketones (excluding diaryl/α,β-unsaturated/α-hetero) is 1. The van der Waals surface area contributed by atoms with Crippen LogP contribution in [0.3, 0.4) is 0 Å². The Balaban J connectivity index is 0.000000572. The van der Waals surface area contributed by atoms with Crippen LogP contribution in [0.2, 0.25) is 0 Å². The van der Waals surface area contributed by atoms with Gasteiger partial charge in [0, 0.05) is 0 Å². The van der Waals surface area contributed by atoms with Gasteiger partial charge in [0.15, 0.2) is 0 Å². The number of allylic oxidation sites excluding steroid dienone is 3. The fraction of sp³-hybridized carbons (Fsp3) is 0.526. The number of carbonyl (C=O) groups excluding carboxylic acids is 3. The number of aryl methyl sites for hydroxylation is 1. The summed E-state index contributed by atoms with van der Waals surface area (Å²) in [5.41, 5.74) is 4.57. The third-order valence-electron chi connectivity index (χ3n) is 8.52. The van der Waals surface area contributed by atoms with Crippen LogP contribution in [0.4, 0.5) is 4.79 Å². The van der Waals surface area contributed by atoms with E-state index in [1.807, 2.05) is 70.2 Å². The Bertz CT molecular complexity index is 1450. The molecular formula is C38H52ILiN3O6S-3. The molecule has 0 spiro atoms. The summed E-state index contributed by atoms with van der Waals surface area (Å²) in [6.07, 6.45) is 5.97. The Morgan fingerprint density at radius 2 is 1.82 bits per heavy atom. The molecule has 9 nitrogen and oxygen atoms in total. The van der Waals surface area contributed by atoms with Gasteiger partial charge in [0.1, 0.15) is 5.60 Å². The second-order valence-electron chi connectivity index (χ2n) is 13.8. The number of thiazole rings is 1. The molecule has 2 aromatic rings. The maximum absolute atomic E-state index is 13.3. The number of nitrogens with one attached hydrogen (secondary N) is 1. The number of aromatic nitrogens is 1. The first kappa shape index (κ1) is 44.0. The van der Waals surface area contributed by atoms with Crippen LogP contribution < -0.4 is 45.8 Å². The predicted molar refractivity (Wildman–Crippen MR) is 189 cm³/mol. The third-order valence-corrected chi connectivity index (χ3v) is 10.9. The van der Waals surface area contributed by atoms with E-state index in [-0.39, 0.29) is 66.4 Å². The number of amides is 2. The van der Waals surface area contributed by atoms with Gasteiger partial charge >= 0.3 is 191 Å². The van der Waals surface area contributed by atoms with Gasteiger partial charge in [-0.3, -0.25) is 0 Å². The molecule has 2 amide bonds. The Morgan fingerprint density at radius 3 is 2.34 bits per heavy atom. The molecule has 1 aromatic carbocycles. The second-order valence-corrected chi connectivity index (χ2v) is 16.2. The van der Waals surface area contributed by atoms with E-state index in [1.54, 1.807) is 17.4 Å². The van der Waals surface area contributed by atoms with Crippen LogP contribution in [0.1, 0.15) is 84.5 Å². The van der Waals surface area contributed by atoms with E-state index in [2.05, 4.69) is 42.4 Å². The fourth-order valence-electron chi connectivity index (χ4n) is 5.98. The van der Waals surface area contributed by atoms with Gasteiger partial charge in [-0.2, -0.15) is 0 Å². The van der Waals surface area contributed by atoms with Gasteiger partial charge in [-0.15, -0.1) is 24.4 Å². The molecule has 2 aliphatic rings. The van der Waals surface area contributed by atoms with Crippen molar-refractivity contribution in [3.05, 3.63) is 76.9 Å². The molecule has 1 unspecified atom stereocenters. The molecule has 2 N–H and O–H groups in total. The fourth-order valence-corrected chi connectivity index (χ4v) is 7.94. The minimum absolute atomic E-state index is 0. The third kappa shape index (κ3) is 13.1. The Morgan fingerprint density at radius 1 is 1.16 bits per heavy atom. The smallest absolute Gasteiger partial charge is 0.444 e. The van der Waals surface area contributed by atoms with Crippen LogP contribution in [0.25, 0.3) is 10.4 Å². The number of rotatable bonds is 12. The quantitative estimate of drug-likeness (QED) is 0.190. The van der Waals surface area contributed by atoms with Crippen LogP contribution in [0.15, 0.2) is 45.7 Å². The van der Waals surface area contributed by atoms with E-state index in [9.17, 15) is 19.5 Å². The molecule has 1 saturated carbocycles. The zero-order chi connectivity index (χ0) is 36.3. The maximum atomic E-state index is 13.3. The summed E-state index contributed by atoms with van der Waals surface area (Å²) in [5.74, 6) is 0.344. The first-order valence-corrected chi connectivity index (χ1v) is 19.8. The van der Waals surface area contributed by atoms with E-state index in [4.69, 9.17) is 7.80 Å². The molecule has 1 aliphatic carbocycles. The number of carbonyl (C=O) groups is 3. The van der Waals surface area contributed by atoms with Crippen molar-refractivity contribution >= 4 is 29.1 Å². The molecular weight excluding hydrogens is 760 g/mol. The largest absolute Gasteiger partial charge is 1.00 e. The molecule has 0 bridgehead atoms. The van der Waals surface area contributed by atoms with Gasteiger partial charge in [-0.1, -0.05) is 24.3 Å². The topological polar surface area (TPSA) is 118 Å². The SMILES string of the molecule is Cc1ncsc1-c1ccc([C@H](C)NC(=O)[C@@H]2C[C@@H](O)CC2CCC(=O)[C@H](C2=C[C-]=C[I-]O2)C(C)C)cc1.[CH2-]CN(C[CH2-])C(=O)OC(C)(C)C.[Li+]. The Labute approximate surface area is 326 Å². The van der Waals surface area contributed by atoms with Gasteiger partial charge in [0.05, 0.1) is 16.1 Å². The van der Waals surface area contributed by atoms with Crippen molar-refractivity contribution < 1.29 is 67.8 Å². The molecule has 4 rings (SSSR count). The molecule has 5 atom stereocenters. The van der Waals surface area contributed by atoms with E-state index in [1.165, 1.54) is 4.90 Å². The van der Waals surface area contributed by atoms with Gasteiger partial charge in [0.2, 0.25) is 0 Å². The Hall–Kier alpha value is -2.17. The summed E-state index contributed by atoms with van der Waals surface area (Å²) in [5, 5.41) is 13.5. The summed E-state index contributed by atoms with van der Waals surface area (Å²) in [6, 6.07) is 8.07. The molecule has 0 radical (unpaired) electrons. The molecule has 1 aromatic heterocycles. The number of benzene rings is 1. The van der Waals surface area contributed by atoms with E-state index in [0.29, 0.717) is 38.8 Å². The number of ether oxygens (including phenoxy) is 1. The van der Waals surface area contributed by atoms with Crippen LogP contribution in [0.5, 0.6) is 0 Å². The minimum atomic E-state index is -0.538. The molecule has 12 heteroatoms. The van der Waals surface area contributed by atoms with Crippen LogP contribution >= 0.6 is 11.3 Å². The zero-order valence-corrected chi connectivity index (χ0v) is 33.8. The normalized spacial score (nSPS) is 19.7. The monoisotopic (exact) mass is 812 g/mol. The predicted octanol–water partition coefficient (Wildman–Crippen LogP) is 1.43. The van der Waals surface area contributed by atoms with Crippen molar-refractivity contribution in [1.82, 2.24) is 15.2 Å². The summed E-state index contributed by atoms with van der Waals surface area (Å²) in [7, 11) is 0. The van der Waals surface area contributed by atoms with Crippen molar-refractivity contribution in [2.75, 3.05) is 13.1 Å². The molecule has 0 saturated heterocycles. The van der Waals surface area contributed by atoms with Crippen molar-refractivity contribution in [1.29, 1.82) is 0 Å². The summed E-state index contributed by atoms with van der Waals surface area (Å²) in [4.78, 5) is 44.6. The molecule has 1 fully saturated rings. The van der Waals surface area contributed by atoms with E-state index < -0.39 is 33.3 Å². The second kappa shape index (κ2) is 20.8. The summed E-state index contributed by atoms with van der Waals surface area (Å²) >= 11 is 1.08. The number of hydrogen-bond acceptors (Lipinski definition) is 8. The number of hydrogen-bond donors (Lipinski definition) is 2. The van der Waals surface area contributed by atoms with Crippen LogP contribution in [-0.4, -0.2) is 57.6 Å². The summed E-state index contributed by atoms with van der Waals surface area (Å²) in [6.45, 7) is 21.5. The number of aliphatic hydroxyl groups is 1. The molecule has 272 valence electrons. The average molecular weight is 813 g/mol. The van der Waals surface area contributed by atoms with Crippen molar-refractivity contribution in [3.63, 3.8) is 0 Å². The number of aliphatic hydroxyl groups excluding tert-OH is 1. The number of nitrogens with zero attached hydrogens (tertiary/aromatic N) is 2. The van der Waals surface area contributed by atoms with Gasteiger partial charge in [-0.25, -0.2) is 9.78 Å². The van der Waals surface area contributed by atoms with Gasteiger partial charge in [0.25, 0.3) is 0 Å². The van der Waals surface area contributed by atoms with Crippen molar-refractivity contribution in [2.24, 2.45) is 23.7 Å². The standard InChI is InChI=1S/C29H35IN2O4S.C9H17NO2.Li/c1-17(2)27(26-6-5-13-30-36-26)25(34)12-11-22-14-23(33)15-24(22)29(35)32-18(3)20-7-9-21(10-8-20)28-19(4)31-16-37-28;1-6-10(7-2)8(11)12-9(3,4)5;/h6-10,13,16-18,22-24,27,33H,11-12,14-15H2,1-4H3,(H,32,35);1-2,6-7H2,3-5H3;/q2*-2;+1/t18-,22?,23-,24+,27+;;/m0../s1. The summed E-state index contributed by atoms with van der Waals surface area (Å²) < 4.78 is 12.8. The van der Waals surface area contributed by atoms with Crippen molar-refractivity contribution in [3.8, 4) is 10.4 Å². The maximum Gasteiger partial charge on any atom is 1.00 e. The number of ketones is 1.